The molecule has 5 nitrogen and oxygen atoms in total. The van der Waals surface area contributed by atoms with Crippen molar-refractivity contribution in [3.05, 3.63) is 57.0 Å². The van der Waals surface area contributed by atoms with Crippen LogP contribution in [0.2, 0.25) is 5.02 Å². The van der Waals surface area contributed by atoms with E-state index in [1.807, 2.05) is 19.1 Å². The van der Waals surface area contributed by atoms with Crippen LogP contribution < -0.4 is 5.32 Å². The summed E-state index contributed by atoms with van der Waals surface area (Å²) in [6, 6.07) is 8.14. The molecular formula is C13H13ClN2O3. The summed E-state index contributed by atoms with van der Waals surface area (Å²) in [7, 11) is 0. The van der Waals surface area contributed by atoms with E-state index in [-0.39, 0.29) is 5.69 Å². The Balaban J connectivity index is 2.05. The van der Waals surface area contributed by atoms with E-state index in [1.165, 1.54) is 12.1 Å². The van der Waals surface area contributed by atoms with E-state index < -0.39 is 4.92 Å². The van der Waals surface area contributed by atoms with Crippen LogP contribution in [0.15, 0.2) is 34.7 Å². The summed E-state index contributed by atoms with van der Waals surface area (Å²) in [5.74, 6) is 1.72. The Labute approximate surface area is 115 Å². The van der Waals surface area contributed by atoms with Gasteiger partial charge in [-0.2, -0.15) is 0 Å². The van der Waals surface area contributed by atoms with Crippen molar-refractivity contribution >= 4 is 23.0 Å². The summed E-state index contributed by atoms with van der Waals surface area (Å²) in [4.78, 5) is 10.1. The van der Waals surface area contributed by atoms with Crippen LogP contribution in [0.3, 0.4) is 0 Å². The third-order valence-electron chi connectivity index (χ3n) is 2.68. The zero-order valence-electron chi connectivity index (χ0n) is 10.4. The highest BCUT2D eigenvalue weighted by Crippen LogP contribution is 2.27. The van der Waals surface area contributed by atoms with Gasteiger partial charge in [-0.1, -0.05) is 18.5 Å². The molecule has 2 rings (SSSR count). The number of hydrogen-bond donors (Lipinski definition) is 1. The summed E-state index contributed by atoms with van der Waals surface area (Å²) in [6.07, 6.45) is 0.846. The first-order chi connectivity index (χ1) is 9.10. The maximum absolute atomic E-state index is 10.6. The standard InChI is InChI=1S/C13H13ClN2O3/c1-2-10-4-5-11(19-10)8-15-13-6-3-9(16(17)18)7-12(13)14/h3-7,15H,2,8H2,1H3. The molecule has 0 atom stereocenters. The quantitative estimate of drug-likeness (QED) is 0.663. The highest BCUT2D eigenvalue weighted by atomic mass is 35.5. The van der Waals surface area contributed by atoms with Gasteiger partial charge in [0, 0.05) is 18.6 Å². The third kappa shape index (κ3) is 3.26. The SMILES string of the molecule is CCc1ccc(CNc2ccc([N+](=O)[O-])cc2Cl)o1. The molecule has 0 radical (unpaired) electrons. The molecule has 100 valence electrons. The van der Waals surface area contributed by atoms with Crippen molar-refractivity contribution in [3.63, 3.8) is 0 Å². The predicted octanol–water partition coefficient (Wildman–Crippen LogP) is 4.02. The molecule has 0 saturated heterocycles. The number of benzene rings is 1. The van der Waals surface area contributed by atoms with Gasteiger partial charge in [-0.05, 0) is 18.2 Å². The number of anilines is 1. The molecule has 1 N–H and O–H groups in total. The van der Waals surface area contributed by atoms with E-state index in [2.05, 4.69) is 5.32 Å². The van der Waals surface area contributed by atoms with E-state index in [1.54, 1.807) is 6.07 Å². The number of nitrogens with zero attached hydrogens (tertiary/aromatic N) is 1. The second-order valence-corrected chi connectivity index (χ2v) is 4.40. The van der Waals surface area contributed by atoms with Gasteiger partial charge in [0.1, 0.15) is 11.5 Å². The van der Waals surface area contributed by atoms with Crippen LogP contribution >= 0.6 is 11.6 Å². The van der Waals surface area contributed by atoms with Crippen molar-refractivity contribution in [2.45, 2.75) is 19.9 Å². The monoisotopic (exact) mass is 280 g/mol. The molecule has 1 heterocycles. The van der Waals surface area contributed by atoms with Gasteiger partial charge in [0.15, 0.2) is 0 Å². The van der Waals surface area contributed by atoms with Crippen LogP contribution in [0.25, 0.3) is 0 Å². The zero-order chi connectivity index (χ0) is 13.8. The molecule has 0 aliphatic heterocycles. The molecule has 2 aromatic rings. The number of halogens is 1. The second kappa shape index (κ2) is 5.75. The Hall–Kier alpha value is -2.01. The van der Waals surface area contributed by atoms with Crippen molar-refractivity contribution in [2.75, 3.05) is 5.32 Å². The summed E-state index contributed by atoms with van der Waals surface area (Å²) in [5, 5.41) is 14.0. The molecule has 0 amide bonds. The lowest BCUT2D eigenvalue weighted by molar-refractivity contribution is -0.384. The maximum Gasteiger partial charge on any atom is 0.271 e. The third-order valence-corrected chi connectivity index (χ3v) is 3.00. The molecule has 0 aliphatic carbocycles. The zero-order valence-corrected chi connectivity index (χ0v) is 11.1. The normalized spacial score (nSPS) is 10.4. The number of aryl methyl sites for hydroxylation is 1. The van der Waals surface area contributed by atoms with Crippen molar-refractivity contribution in [2.24, 2.45) is 0 Å². The molecule has 0 fully saturated rings. The summed E-state index contributed by atoms with van der Waals surface area (Å²) in [5.41, 5.74) is 0.614. The van der Waals surface area contributed by atoms with Crippen molar-refractivity contribution in [1.29, 1.82) is 0 Å². The number of rotatable bonds is 5. The van der Waals surface area contributed by atoms with Crippen LogP contribution in [0, 0.1) is 10.1 Å². The summed E-state index contributed by atoms with van der Waals surface area (Å²) in [6.45, 7) is 2.50. The van der Waals surface area contributed by atoms with Crippen LogP contribution in [-0.2, 0) is 13.0 Å². The van der Waals surface area contributed by atoms with E-state index in [0.717, 1.165) is 17.9 Å². The first-order valence-electron chi connectivity index (χ1n) is 5.85. The Morgan fingerprint density at radius 1 is 1.32 bits per heavy atom. The first-order valence-corrected chi connectivity index (χ1v) is 6.23. The van der Waals surface area contributed by atoms with Crippen molar-refractivity contribution in [1.82, 2.24) is 0 Å². The Morgan fingerprint density at radius 3 is 2.63 bits per heavy atom. The molecule has 0 aliphatic rings. The number of nitro benzene ring substituents is 1. The highest BCUT2D eigenvalue weighted by Gasteiger charge is 2.09. The summed E-state index contributed by atoms with van der Waals surface area (Å²) >= 11 is 5.97. The molecule has 0 bridgehead atoms. The molecule has 19 heavy (non-hydrogen) atoms. The van der Waals surface area contributed by atoms with E-state index in [9.17, 15) is 10.1 Å². The molecule has 1 aromatic carbocycles. The Kier molecular flexibility index (Phi) is 4.06. The van der Waals surface area contributed by atoms with Gasteiger partial charge < -0.3 is 9.73 Å². The highest BCUT2D eigenvalue weighted by molar-refractivity contribution is 6.33. The lowest BCUT2D eigenvalue weighted by Gasteiger charge is -2.06. The second-order valence-electron chi connectivity index (χ2n) is 4.00. The van der Waals surface area contributed by atoms with E-state index >= 15 is 0 Å². The Morgan fingerprint density at radius 2 is 2.05 bits per heavy atom. The van der Waals surface area contributed by atoms with Crippen molar-refractivity contribution < 1.29 is 9.34 Å². The first kappa shape index (κ1) is 13.4. The van der Waals surface area contributed by atoms with Crippen LogP contribution in [-0.4, -0.2) is 4.92 Å². The molecule has 0 unspecified atom stereocenters. The van der Waals surface area contributed by atoms with Gasteiger partial charge in [-0.25, -0.2) is 0 Å². The fraction of sp³-hybridized carbons (Fsp3) is 0.231. The fourth-order valence-electron chi connectivity index (χ4n) is 1.65. The van der Waals surface area contributed by atoms with Crippen molar-refractivity contribution in [3.8, 4) is 0 Å². The number of nitrogens with one attached hydrogen (secondary N) is 1. The number of hydrogen-bond acceptors (Lipinski definition) is 4. The lowest BCUT2D eigenvalue weighted by atomic mass is 10.2. The maximum atomic E-state index is 10.6. The topological polar surface area (TPSA) is 68.3 Å². The smallest absolute Gasteiger partial charge is 0.271 e. The largest absolute Gasteiger partial charge is 0.464 e. The van der Waals surface area contributed by atoms with Gasteiger partial charge in [-0.3, -0.25) is 10.1 Å². The predicted molar refractivity (Wildman–Crippen MR) is 73.5 cm³/mol. The lowest BCUT2D eigenvalue weighted by Crippen LogP contribution is -1.99. The van der Waals surface area contributed by atoms with Gasteiger partial charge in [0.25, 0.3) is 5.69 Å². The molecule has 1 aromatic heterocycles. The van der Waals surface area contributed by atoms with Crippen LogP contribution in [0.4, 0.5) is 11.4 Å². The average Bonchev–Trinajstić information content (AvgIpc) is 2.85. The number of furan rings is 1. The van der Waals surface area contributed by atoms with E-state index in [0.29, 0.717) is 17.3 Å². The van der Waals surface area contributed by atoms with Crippen LogP contribution in [0.5, 0.6) is 0 Å². The minimum absolute atomic E-state index is 0.0261. The fourth-order valence-corrected chi connectivity index (χ4v) is 1.89. The number of non-ortho nitro benzene ring substituents is 1. The minimum atomic E-state index is -0.476. The van der Waals surface area contributed by atoms with Crippen LogP contribution in [0.1, 0.15) is 18.4 Å². The molecular weight excluding hydrogens is 268 g/mol. The Bertz CT molecular complexity index is 595. The van der Waals surface area contributed by atoms with Gasteiger partial charge in [0.2, 0.25) is 0 Å². The molecule has 0 saturated carbocycles. The minimum Gasteiger partial charge on any atom is -0.464 e. The van der Waals surface area contributed by atoms with Gasteiger partial charge in [0.05, 0.1) is 22.2 Å². The average molecular weight is 281 g/mol. The van der Waals surface area contributed by atoms with E-state index in [4.69, 9.17) is 16.0 Å². The number of nitro groups is 1. The van der Waals surface area contributed by atoms with Gasteiger partial charge >= 0.3 is 0 Å². The molecule has 0 spiro atoms. The molecule has 6 heteroatoms. The summed E-state index contributed by atoms with van der Waals surface area (Å²) < 4.78 is 5.54. The van der Waals surface area contributed by atoms with Gasteiger partial charge in [-0.15, -0.1) is 0 Å².